The van der Waals surface area contributed by atoms with Crippen LogP contribution in [0.1, 0.15) is 11.9 Å². The maximum absolute atomic E-state index is 5.76. The fourth-order valence-corrected chi connectivity index (χ4v) is 2.97. The highest BCUT2D eigenvalue weighted by molar-refractivity contribution is 7.18. The minimum absolute atomic E-state index is 0.278. The van der Waals surface area contributed by atoms with E-state index in [0.29, 0.717) is 33.4 Å². The summed E-state index contributed by atoms with van der Waals surface area (Å²) in [6.45, 7) is 2.70. The van der Waals surface area contributed by atoms with Gasteiger partial charge in [-0.15, -0.1) is 20.4 Å². The molecular weight excluding hydrogens is 336 g/mol. The van der Waals surface area contributed by atoms with Gasteiger partial charge in [-0.05, 0) is 25.1 Å². The first-order valence-corrected chi connectivity index (χ1v) is 8.36. The maximum Gasteiger partial charge on any atom is 0.203 e. The van der Waals surface area contributed by atoms with E-state index >= 15 is 0 Å². The molecule has 0 aliphatic carbocycles. The number of benzene rings is 1. The number of nitrogen functional groups attached to an aromatic ring is 2. The molecule has 0 bridgehead atoms. The summed E-state index contributed by atoms with van der Waals surface area (Å²) in [5.74, 6) is 1.23. The van der Waals surface area contributed by atoms with Gasteiger partial charge in [-0.1, -0.05) is 22.7 Å². The highest BCUT2D eigenvalue weighted by Crippen LogP contribution is 2.34. The fraction of sp³-hybridized carbons (Fsp3) is 0.231. The zero-order valence-corrected chi connectivity index (χ0v) is 13.9. The van der Waals surface area contributed by atoms with Crippen molar-refractivity contribution in [3.05, 3.63) is 23.2 Å². The number of ether oxygens (including phenoxy) is 2. The quantitative estimate of drug-likeness (QED) is 0.694. The van der Waals surface area contributed by atoms with Crippen LogP contribution in [0.5, 0.6) is 11.5 Å². The molecule has 0 fully saturated rings. The lowest BCUT2D eigenvalue weighted by Crippen LogP contribution is -1.99. The predicted molar refractivity (Wildman–Crippen MR) is 89.6 cm³/mol. The minimum atomic E-state index is 0.278. The topological polar surface area (TPSA) is 122 Å². The molecular formula is C13H14N6O2S2. The molecule has 0 amide bonds. The lowest BCUT2D eigenvalue weighted by molar-refractivity contribution is 0.268. The van der Waals surface area contributed by atoms with Gasteiger partial charge in [0.2, 0.25) is 10.3 Å². The van der Waals surface area contributed by atoms with Crippen molar-refractivity contribution in [3.8, 4) is 22.1 Å². The second kappa shape index (κ2) is 6.75. The molecule has 0 saturated carbocycles. The third-order valence-corrected chi connectivity index (χ3v) is 4.29. The number of anilines is 2. The van der Waals surface area contributed by atoms with Crippen LogP contribution in [0.15, 0.2) is 18.2 Å². The molecule has 23 heavy (non-hydrogen) atoms. The Labute approximate surface area is 140 Å². The Morgan fingerprint density at radius 3 is 2.39 bits per heavy atom. The normalized spacial score (nSPS) is 10.7. The Morgan fingerprint density at radius 2 is 1.74 bits per heavy atom. The van der Waals surface area contributed by atoms with E-state index in [0.717, 1.165) is 10.6 Å². The SMILES string of the molecule is CCOc1cc(-c2nnc(N)s2)ccc1OCc1nnc(N)s1. The molecule has 10 heteroatoms. The summed E-state index contributed by atoms with van der Waals surface area (Å²) in [5, 5.41) is 17.8. The smallest absolute Gasteiger partial charge is 0.203 e. The van der Waals surface area contributed by atoms with E-state index in [2.05, 4.69) is 20.4 Å². The Morgan fingerprint density at radius 1 is 0.957 bits per heavy atom. The lowest BCUT2D eigenvalue weighted by atomic mass is 10.2. The molecule has 0 atom stereocenters. The van der Waals surface area contributed by atoms with Crippen molar-refractivity contribution < 1.29 is 9.47 Å². The molecule has 0 saturated heterocycles. The number of hydrogen-bond acceptors (Lipinski definition) is 10. The standard InChI is InChI=1S/C13H14N6O2S2/c1-2-20-9-5-7(11-17-19-13(15)23-11)3-4-8(9)21-6-10-16-18-12(14)22-10/h3-5H,2,6H2,1H3,(H2,14,18)(H2,15,19). The number of nitrogens with zero attached hydrogens (tertiary/aromatic N) is 4. The van der Waals surface area contributed by atoms with Crippen LogP contribution in [-0.4, -0.2) is 27.0 Å². The van der Waals surface area contributed by atoms with Gasteiger partial charge in [0.25, 0.3) is 0 Å². The molecule has 1 aromatic carbocycles. The van der Waals surface area contributed by atoms with Crippen molar-refractivity contribution in [1.29, 1.82) is 0 Å². The van der Waals surface area contributed by atoms with Crippen LogP contribution >= 0.6 is 22.7 Å². The van der Waals surface area contributed by atoms with Gasteiger partial charge in [0, 0.05) is 5.56 Å². The number of aromatic nitrogens is 4. The molecule has 2 heterocycles. The molecule has 4 N–H and O–H groups in total. The number of rotatable bonds is 6. The van der Waals surface area contributed by atoms with E-state index in [4.69, 9.17) is 20.9 Å². The molecule has 0 radical (unpaired) electrons. The monoisotopic (exact) mass is 350 g/mol. The minimum Gasteiger partial charge on any atom is -0.490 e. The van der Waals surface area contributed by atoms with Crippen LogP contribution in [0.3, 0.4) is 0 Å². The summed E-state index contributed by atoms with van der Waals surface area (Å²) in [6.07, 6.45) is 0. The molecule has 8 nitrogen and oxygen atoms in total. The molecule has 0 aliphatic rings. The van der Waals surface area contributed by atoms with Crippen molar-refractivity contribution in [1.82, 2.24) is 20.4 Å². The second-order valence-corrected chi connectivity index (χ2v) is 6.47. The van der Waals surface area contributed by atoms with Crippen LogP contribution in [-0.2, 0) is 6.61 Å². The van der Waals surface area contributed by atoms with Gasteiger partial charge in [-0.3, -0.25) is 0 Å². The summed E-state index contributed by atoms with van der Waals surface area (Å²) >= 11 is 2.60. The molecule has 3 aromatic rings. The molecule has 0 spiro atoms. The predicted octanol–water partition coefficient (Wildman–Crippen LogP) is 2.20. The van der Waals surface area contributed by atoms with E-state index in [9.17, 15) is 0 Å². The van der Waals surface area contributed by atoms with Crippen LogP contribution in [0.2, 0.25) is 0 Å². The number of nitrogens with two attached hydrogens (primary N) is 2. The van der Waals surface area contributed by atoms with Gasteiger partial charge in [-0.25, -0.2) is 0 Å². The van der Waals surface area contributed by atoms with Gasteiger partial charge in [0.05, 0.1) is 6.61 Å². The van der Waals surface area contributed by atoms with E-state index in [-0.39, 0.29) is 6.61 Å². The van der Waals surface area contributed by atoms with Gasteiger partial charge in [-0.2, -0.15) is 0 Å². The summed E-state index contributed by atoms with van der Waals surface area (Å²) < 4.78 is 11.4. The summed E-state index contributed by atoms with van der Waals surface area (Å²) in [7, 11) is 0. The average molecular weight is 350 g/mol. The second-order valence-electron chi connectivity index (χ2n) is 4.36. The molecule has 0 aliphatic heterocycles. The van der Waals surface area contributed by atoms with E-state index in [1.165, 1.54) is 22.7 Å². The van der Waals surface area contributed by atoms with Gasteiger partial charge >= 0.3 is 0 Å². The van der Waals surface area contributed by atoms with Crippen LogP contribution < -0.4 is 20.9 Å². The third kappa shape index (κ3) is 3.66. The zero-order chi connectivity index (χ0) is 16.2. The van der Waals surface area contributed by atoms with Gasteiger partial charge < -0.3 is 20.9 Å². The van der Waals surface area contributed by atoms with E-state index in [1.807, 2.05) is 25.1 Å². The Balaban J connectivity index is 1.81. The van der Waals surface area contributed by atoms with Crippen LogP contribution in [0.25, 0.3) is 10.6 Å². The first-order valence-electron chi connectivity index (χ1n) is 6.72. The Bertz CT molecular complexity index is 803. The number of hydrogen-bond donors (Lipinski definition) is 2. The van der Waals surface area contributed by atoms with Crippen molar-refractivity contribution in [2.45, 2.75) is 13.5 Å². The van der Waals surface area contributed by atoms with Crippen molar-refractivity contribution in [2.75, 3.05) is 18.1 Å². The molecule has 2 aromatic heterocycles. The average Bonchev–Trinajstić information content (AvgIpc) is 3.15. The summed E-state index contributed by atoms with van der Waals surface area (Å²) in [4.78, 5) is 0. The lowest BCUT2D eigenvalue weighted by Gasteiger charge is -2.11. The van der Waals surface area contributed by atoms with E-state index in [1.54, 1.807) is 0 Å². The zero-order valence-electron chi connectivity index (χ0n) is 12.2. The summed E-state index contributed by atoms with van der Waals surface area (Å²) in [6, 6.07) is 5.56. The van der Waals surface area contributed by atoms with Crippen molar-refractivity contribution in [3.63, 3.8) is 0 Å². The van der Waals surface area contributed by atoms with Crippen molar-refractivity contribution in [2.24, 2.45) is 0 Å². The van der Waals surface area contributed by atoms with Crippen LogP contribution in [0, 0.1) is 0 Å². The van der Waals surface area contributed by atoms with Gasteiger partial charge in [0.15, 0.2) is 16.5 Å². The first-order chi connectivity index (χ1) is 11.2. The van der Waals surface area contributed by atoms with E-state index < -0.39 is 0 Å². The van der Waals surface area contributed by atoms with Crippen LogP contribution in [0.4, 0.5) is 10.3 Å². The summed E-state index contributed by atoms with van der Waals surface area (Å²) in [5.41, 5.74) is 12.0. The third-order valence-electron chi connectivity index (χ3n) is 2.76. The van der Waals surface area contributed by atoms with Gasteiger partial charge in [0.1, 0.15) is 11.6 Å². The maximum atomic E-state index is 5.76. The highest BCUT2D eigenvalue weighted by Gasteiger charge is 2.12. The largest absolute Gasteiger partial charge is 0.490 e. The first kappa shape index (κ1) is 15.4. The molecule has 3 rings (SSSR count). The molecule has 120 valence electrons. The Kier molecular flexibility index (Phi) is 4.53. The molecule has 0 unspecified atom stereocenters. The highest BCUT2D eigenvalue weighted by atomic mass is 32.1. The van der Waals surface area contributed by atoms with Crippen molar-refractivity contribution >= 4 is 32.9 Å². The fourth-order valence-electron chi connectivity index (χ4n) is 1.84. The Hall–Kier alpha value is -2.46.